The number of hydrogen-bond acceptors (Lipinski definition) is 3. The van der Waals surface area contributed by atoms with E-state index in [1.807, 2.05) is 0 Å². The predicted octanol–water partition coefficient (Wildman–Crippen LogP) is -0.391. The Morgan fingerprint density at radius 3 is 2.40 bits per heavy atom. The van der Waals surface area contributed by atoms with Crippen molar-refractivity contribution in [3.63, 3.8) is 0 Å². The van der Waals surface area contributed by atoms with Gasteiger partial charge in [-0.2, -0.15) is 0 Å². The van der Waals surface area contributed by atoms with E-state index in [-0.39, 0.29) is 6.04 Å². The molecule has 4 N–H and O–H groups in total. The molecule has 1 aliphatic carbocycles. The molecule has 10 heavy (non-hydrogen) atoms. The van der Waals surface area contributed by atoms with Gasteiger partial charge < -0.3 is 15.9 Å². The maximum Gasteiger partial charge on any atom is 0.0949 e. The van der Waals surface area contributed by atoms with Crippen molar-refractivity contribution in [2.45, 2.75) is 43.9 Å². The minimum Gasteiger partial charge on any atom is -0.390 e. The first-order valence-electron chi connectivity index (χ1n) is 3.83. The van der Waals surface area contributed by atoms with Crippen molar-refractivity contribution in [2.24, 2.45) is 5.73 Å². The van der Waals surface area contributed by atoms with Gasteiger partial charge in [0.1, 0.15) is 0 Å². The summed E-state index contributed by atoms with van der Waals surface area (Å²) in [5, 5.41) is 18.4. The Labute approximate surface area is 60.9 Å². The lowest BCUT2D eigenvalue weighted by molar-refractivity contribution is 0.00575. The molecule has 1 aliphatic rings. The number of hydrogen-bond donors (Lipinski definition) is 3. The molecule has 3 nitrogen and oxygen atoms in total. The summed E-state index contributed by atoms with van der Waals surface area (Å²) >= 11 is 0. The van der Waals surface area contributed by atoms with Gasteiger partial charge in [-0.1, -0.05) is 12.8 Å². The van der Waals surface area contributed by atoms with Crippen LogP contribution in [-0.4, -0.2) is 28.5 Å². The highest BCUT2D eigenvalue weighted by Crippen LogP contribution is 2.16. The lowest BCUT2D eigenvalue weighted by Gasteiger charge is -2.19. The number of aliphatic hydroxyl groups excluding tert-OH is 2. The van der Waals surface area contributed by atoms with Crippen molar-refractivity contribution in [2.75, 3.05) is 0 Å². The number of aliphatic hydroxyl groups is 2. The second-order valence-corrected chi connectivity index (χ2v) is 3.01. The molecule has 1 fully saturated rings. The zero-order valence-corrected chi connectivity index (χ0v) is 6.03. The molecule has 0 aromatic carbocycles. The predicted molar refractivity (Wildman–Crippen MR) is 38.5 cm³/mol. The fourth-order valence-corrected chi connectivity index (χ4v) is 1.36. The van der Waals surface area contributed by atoms with Crippen molar-refractivity contribution >= 4 is 0 Å². The lowest BCUT2D eigenvalue weighted by atomic mass is 10.1. The van der Waals surface area contributed by atoms with Gasteiger partial charge in [0.25, 0.3) is 0 Å². The summed E-state index contributed by atoms with van der Waals surface area (Å²) in [6.45, 7) is 0. The Hall–Kier alpha value is -0.120. The Morgan fingerprint density at radius 1 is 1.10 bits per heavy atom. The first kappa shape index (κ1) is 7.98. The van der Waals surface area contributed by atoms with Gasteiger partial charge in [-0.15, -0.1) is 0 Å². The maximum absolute atomic E-state index is 9.25. The second kappa shape index (κ2) is 3.32. The summed E-state index contributed by atoms with van der Waals surface area (Å²) in [5.41, 5.74) is 5.56. The molecule has 0 radical (unpaired) electrons. The molecule has 0 aromatic heterocycles. The van der Waals surface area contributed by atoms with E-state index >= 15 is 0 Å². The molecule has 0 amide bonds. The van der Waals surface area contributed by atoms with Crippen LogP contribution in [0.4, 0.5) is 0 Å². The van der Waals surface area contributed by atoms with E-state index in [0.717, 1.165) is 19.3 Å². The summed E-state index contributed by atoms with van der Waals surface area (Å²) in [6.07, 6.45) is 2.22. The summed E-state index contributed by atoms with van der Waals surface area (Å²) < 4.78 is 0. The quantitative estimate of drug-likeness (QED) is 0.407. The summed E-state index contributed by atoms with van der Waals surface area (Å²) in [4.78, 5) is 0. The Bertz CT molecular complexity index is 95.8. The minimum absolute atomic E-state index is 0.225. The molecule has 0 aliphatic heterocycles. The van der Waals surface area contributed by atoms with E-state index in [1.54, 1.807) is 0 Å². The molecular formula is C7H15NO2. The first-order chi connectivity index (χ1) is 4.72. The van der Waals surface area contributed by atoms with Crippen molar-refractivity contribution in [3.05, 3.63) is 0 Å². The van der Waals surface area contributed by atoms with E-state index in [1.165, 1.54) is 0 Å². The van der Waals surface area contributed by atoms with Crippen molar-refractivity contribution in [1.82, 2.24) is 0 Å². The summed E-state index contributed by atoms with van der Waals surface area (Å²) in [6, 6.07) is -0.225. The molecule has 60 valence electrons. The van der Waals surface area contributed by atoms with Gasteiger partial charge in [0.15, 0.2) is 0 Å². The van der Waals surface area contributed by atoms with Gasteiger partial charge in [-0.25, -0.2) is 0 Å². The van der Waals surface area contributed by atoms with E-state index in [0.29, 0.717) is 6.42 Å². The molecule has 0 bridgehead atoms. The molecule has 0 heterocycles. The highest BCUT2D eigenvalue weighted by molar-refractivity contribution is 4.81. The molecule has 0 aromatic rings. The van der Waals surface area contributed by atoms with Crippen LogP contribution in [0.2, 0.25) is 0 Å². The van der Waals surface area contributed by atoms with Gasteiger partial charge >= 0.3 is 0 Å². The SMILES string of the molecule is N[C@@H]1CCCC[C@@H](O)[C@H]1O. The second-order valence-electron chi connectivity index (χ2n) is 3.01. The Balaban J connectivity index is 2.46. The van der Waals surface area contributed by atoms with Crippen LogP contribution in [0.25, 0.3) is 0 Å². The zero-order valence-electron chi connectivity index (χ0n) is 6.03. The van der Waals surface area contributed by atoms with Crippen LogP contribution in [0, 0.1) is 0 Å². The number of nitrogens with two attached hydrogens (primary N) is 1. The van der Waals surface area contributed by atoms with Gasteiger partial charge in [-0.05, 0) is 12.8 Å². The normalized spacial score (nSPS) is 42.9. The van der Waals surface area contributed by atoms with Crippen LogP contribution in [0.15, 0.2) is 0 Å². The molecule has 0 unspecified atom stereocenters. The van der Waals surface area contributed by atoms with Gasteiger partial charge in [0.05, 0.1) is 12.2 Å². The monoisotopic (exact) mass is 145 g/mol. The fourth-order valence-electron chi connectivity index (χ4n) is 1.36. The Morgan fingerprint density at radius 2 is 1.70 bits per heavy atom. The highest BCUT2D eigenvalue weighted by atomic mass is 16.3. The smallest absolute Gasteiger partial charge is 0.0949 e. The average molecular weight is 145 g/mol. The molecule has 0 saturated heterocycles. The largest absolute Gasteiger partial charge is 0.390 e. The third-order valence-electron chi connectivity index (χ3n) is 2.12. The lowest BCUT2D eigenvalue weighted by Crippen LogP contribution is -2.41. The summed E-state index contributed by atoms with van der Waals surface area (Å²) in [7, 11) is 0. The number of rotatable bonds is 0. The fraction of sp³-hybridized carbons (Fsp3) is 1.00. The van der Waals surface area contributed by atoms with Gasteiger partial charge in [0.2, 0.25) is 0 Å². The van der Waals surface area contributed by atoms with Crippen LogP contribution in [0.3, 0.4) is 0 Å². The van der Waals surface area contributed by atoms with Crippen LogP contribution < -0.4 is 5.73 Å². The van der Waals surface area contributed by atoms with Crippen LogP contribution in [-0.2, 0) is 0 Å². The molecular weight excluding hydrogens is 130 g/mol. The molecule has 3 heteroatoms. The van der Waals surface area contributed by atoms with Crippen LogP contribution in [0.5, 0.6) is 0 Å². The van der Waals surface area contributed by atoms with E-state index in [2.05, 4.69) is 0 Å². The standard InChI is InChI=1S/C7H15NO2/c8-5-3-1-2-4-6(9)7(5)10/h5-7,9-10H,1-4,8H2/t5-,6-,7+/m1/s1. The maximum atomic E-state index is 9.25. The van der Waals surface area contributed by atoms with Crippen LogP contribution in [0.1, 0.15) is 25.7 Å². The minimum atomic E-state index is -0.706. The molecule has 1 rings (SSSR count). The van der Waals surface area contributed by atoms with E-state index in [4.69, 9.17) is 5.73 Å². The third-order valence-corrected chi connectivity index (χ3v) is 2.12. The topological polar surface area (TPSA) is 66.5 Å². The average Bonchev–Trinajstić information content (AvgIpc) is 2.04. The highest BCUT2D eigenvalue weighted by Gasteiger charge is 2.25. The molecule has 3 atom stereocenters. The van der Waals surface area contributed by atoms with Crippen molar-refractivity contribution in [3.8, 4) is 0 Å². The first-order valence-corrected chi connectivity index (χ1v) is 3.83. The van der Waals surface area contributed by atoms with Crippen molar-refractivity contribution in [1.29, 1.82) is 0 Å². The van der Waals surface area contributed by atoms with Gasteiger partial charge in [-0.3, -0.25) is 0 Å². The van der Waals surface area contributed by atoms with E-state index < -0.39 is 12.2 Å². The molecule has 1 saturated carbocycles. The van der Waals surface area contributed by atoms with E-state index in [9.17, 15) is 10.2 Å². The zero-order chi connectivity index (χ0) is 7.56. The van der Waals surface area contributed by atoms with Crippen molar-refractivity contribution < 1.29 is 10.2 Å². The third kappa shape index (κ3) is 1.68. The Kier molecular flexibility index (Phi) is 2.65. The van der Waals surface area contributed by atoms with Crippen LogP contribution >= 0.6 is 0 Å². The summed E-state index contributed by atoms with van der Waals surface area (Å²) in [5.74, 6) is 0. The van der Waals surface area contributed by atoms with Gasteiger partial charge in [0, 0.05) is 6.04 Å². The molecule has 0 spiro atoms.